The first-order valence-corrected chi connectivity index (χ1v) is 8.08. The highest BCUT2D eigenvalue weighted by Crippen LogP contribution is 2.42. The van der Waals surface area contributed by atoms with Gasteiger partial charge >= 0.3 is 0 Å². The quantitative estimate of drug-likeness (QED) is 0.586. The minimum atomic E-state index is 0.720. The van der Waals surface area contributed by atoms with Crippen molar-refractivity contribution in [1.29, 1.82) is 0 Å². The van der Waals surface area contributed by atoms with Crippen LogP contribution >= 0.6 is 0 Å². The van der Waals surface area contributed by atoms with Gasteiger partial charge in [0, 0.05) is 0 Å². The molecule has 2 aliphatic rings. The largest absolute Gasteiger partial charge is 0.216 e. The van der Waals surface area contributed by atoms with Gasteiger partial charge in [0.1, 0.15) is 0 Å². The van der Waals surface area contributed by atoms with Gasteiger partial charge in [0.15, 0.2) is 0 Å². The van der Waals surface area contributed by atoms with Crippen LogP contribution in [-0.2, 0) is 0 Å². The maximum atomic E-state index is 12.0. The number of rotatable bonds is 4. The van der Waals surface area contributed by atoms with Gasteiger partial charge in [-0.05, 0) is 68.6 Å². The average Bonchev–Trinajstić information content (AvgIpc) is 2.46. The number of allylic oxidation sites excluding steroid dienone is 1. The second-order valence-electron chi connectivity index (χ2n) is 6.57. The third-order valence-electron chi connectivity index (χ3n) is 5.59. The van der Waals surface area contributed by atoms with Crippen LogP contribution in [0.2, 0.25) is 0 Å². The Balaban J connectivity index is 1.70. The highest BCUT2D eigenvalue weighted by molar-refractivity contribution is 4.84. The van der Waals surface area contributed by atoms with E-state index in [-0.39, 0.29) is 0 Å². The van der Waals surface area contributed by atoms with E-state index in [0.29, 0.717) is 0 Å². The maximum absolute atomic E-state index is 12.0. The highest BCUT2D eigenvalue weighted by atomic mass is 19.1. The first-order valence-electron chi connectivity index (χ1n) is 8.08. The molecule has 0 aliphatic heterocycles. The molecule has 1 heteroatoms. The maximum Gasteiger partial charge on any atom is 0.0827 e. The van der Waals surface area contributed by atoms with Gasteiger partial charge in [0.25, 0.3) is 0 Å². The summed E-state index contributed by atoms with van der Waals surface area (Å²) in [5, 5.41) is 0. The zero-order valence-corrected chi connectivity index (χ0v) is 11.9. The van der Waals surface area contributed by atoms with E-state index < -0.39 is 0 Å². The van der Waals surface area contributed by atoms with Crippen molar-refractivity contribution in [3.05, 3.63) is 12.4 Å². The van der Waals surface area contributed by atoms with Gasteiger partial charge in [-0.2, -0.15) is 0 Å². The van der Waals surface area contributed by atoms with Crippen molar-refractivity contribution < 1.29 is 4.39 Å². The van der Waals surface area contributed by atoms with Crippen LogP contribution in [0, 0.1) is 23.7 Å². The molecule has 18 heavy (non-hydrogen) atoms. The van der Waals surface area contributed by atoms with Crippen LogP contribution in [-0.4, -0.2) is 0 Å². The van der Waals surface area contributed by atoms with Gasteiger partial charge in [-0.25, -0.2) is 4.39 Å². The van der Waals surface area contributed by atoms with Crippen molar-refractivity contribution in [1.82, 2.24) is 0 Å². The molecule has 0 aromatic heterocycles. The molecule has 0 amide bonds. The van der Waals surface area contributed by atoms with E-state index >= 15 is 0 Å². The molecule has 2 rings (SSSR count). The van der Waals surface area contributed by atoms with Crippen LogP contribution in [0.25, 0.3) is 0 Å². The lowest BCUT2D eigenvalue weighted by Crippen LogP contribution is -2.25. The fraction of sp³-hybridized carbons (Fsp3) is 0.882. The van der Waals surface area contributed by atoms with E-state index in [4.69, 9.17) is 0 Å². The van der Waals surface area contributed by atoms with E-state index in [1.165, 1.54) is 57.8 Å². The predicted molar refractivity (Wildman–Crippen MR) is 76.1 cm³/mol. The third-order valence-corrected chi connectivity index (χ3v) is 5.59. The molecule has 0 N–H and O–H groups in total. The average molecular weight is 252 g/mol. The molecule has 0 saturated heterocycles. The summed E-state index contributed by atoms with van der Waals surface area (Å²) in [5.74, 6) is 3.80. The highest BCUT2D eigenvalue weighted by Gasteiger charge is 2.29. The van der Waals surface area contributed by atoms with E-state index in [0.717, 1.165) is 36.4 Å². The number of hydrogen-bond acceptors (Lipinski definition) is 0. The summed E-state index contributed by atoms with van der Waals surface area (Å²) >= 11 is 0. The first-order chi connectivity index (χ1) is 8.83. The minimum Gasteiger partial charge on any atom is -0.216 e. The van der Waals surface area contributed by atoms with E-state index in [2.05, 4.69) is 6.92 Å². The van der Waals surface area contributed by atoms with Crippen molar-refractivity contribution in [2.45, 2.75) is 71.1 Å². The monoisotopic (exact) mass is 252 g/mol. The first kappa shape index (κ1) is 14.1. The van der Waals surface area contributed by atoms with Crippen molar-refractivity contribution >= 4 is 0 Å². The van der Waals surface area contributed by atoms with E-state index in [1.807, 2.05) is 0 Å². The second kappa shape index (κ2) is 7.31. The second-order valence-corrected chi connectivity index (χ2v) is 6.57. The summed E-state index contributed by atoms with van der Waals surface area (Å²) in [6.07, 6.45) is 16.2. The molecule has 2 fully saturated rings. The Bertz CT molecular complexity index is 242. The van der Waals surface area contributed by atoms with Crippen LogP contribution in [0.4, 0.5) is 4.39 Å². The summed E-state index contributed by atoms with van der Waals surface area (Å²) in [4.78, 5) is 0. The van der Waals surface area contributed by atoms with Crippen molar-refractivity contribution in [3.63, 3.8) is 0 Å². The summed E-state index contributed by atoms with van der Waals surface area (Å²) in [6, 6.07) is 0. The molecule has 0 nitrogen and oxygen atoms in total. The standard InChI is InChI=1S/C17H29F/c1-2-14-5-9-16(10-6-14)17-11-7-15(8-12-17)4-3-13-18/h3,13-17H,2,4-12H2,1H3. The molecule has 0 bridgehead atoms. The summed E-state index contributed by atoms with van der Waals surface area (Å²) in [5.41, 5.74) is 0. The molecular formula is C17H29F. The molecule has 0 unspecified atom stereocenters. The fourth-order valence-corrected chi connectivity index (χ4v) is 4.21. The van der Waals surface area contributed by atoms with Gasteiger partial charge in [-0.3, -0.25) is 0 Å². The Hall–Kier alpha value is -0.330. The van der Waals surface area contributed by atoms with Gasteiger partial charge in [-0.15, -0.1) is 0 Å². The van der Waals surface area contributed by atoms with Crippen LogP contribution < -0.4 is 0 Å². The molecule has 0 heterocycles. The lowest BCUT2D eigenvalue weighted by atomic mass is 9.68. The Kier molecular flexibility index (Phi) is 5.72. The molecular weight excluding hydrogens is 223 g/mol. The SMILES string of the molecule is CCC1CCC(C2CCC(CC=CF)CC2)CC1. The van der Waals surface area contributed by atoms with Crippen LogP contribution in [0.5, 0.6) is 0 Å². The molecule has 0 spiro atoms. The molecule has 0 aromatic carbocycles. The topological polar surface area (TPSA) is 0 Å². The smallest absolute Gasteiger partial charge is 0.0827 e. The lowest BCUT2D eigenvalue weighted by molar-refractivity contribution is 0.145. The zero-order valence-electron chi connectivity index (χ0n) is 11.9. The number of halogens is 1. The molecule has 104 valence electrons. The zero-order chi connectivity index (χ0) is 12.8. The molecule has 0 atom stereocenters. The summed E-state index contributed by atoms with van der Waals surface area (Å²) in [7, 11) is 0. The molecule has 0 radical (unpaired) electrons. The summed E-state index contributed by atoms with van der Waals surface area (Å²) in [6.45, 7) is 2.34. The fourth-order valence-electron chi connectivity index (χ4n) is 4.21. The minimum absolute atomic E-state index is 0.720. The molecule has 2 aliphatic carbocycles. The van der Waals surface area contributed by atoms with Gasteiger partial charge in [0.05, 0.1) is 6.33 Å². The van der Waals surface area contributed by atoms with E-state index in [1.54, 1.807) is 6.08 Å². The van der Waals surface area contributed by atoms with Gasteiger partial charge in [-0.1, -0.05) is 32.3 Å². The Morgan fingerprint density at radius 1 is 0.833 bits per heavy atom. The normalized spacial score (nSPS) is 38.1. The van der Waals surface area contributed by atoms with E-state index in [9.17, 15) is 4.39 Å². The van der Waals surface area contributed by atoms with Crippen molar-refractivity contribution in [2.24, 2.45) is 23.7 Å². The molecule has 0 aromatic rings. The van der Waals surface area contributed by atoms with Crippen molar-refractivity contribution in [3.8, 4) is 0 Å². The summed E-state index contributed by atoms with van der Waals surface area (Å²) < 4.78 is 12.0. The van der Waals surface area contributed by atoms with Crippen LogP contribution in [0.15, 0.2) is 12.4 Å². The predicted octanol–water partition coefficient (Wildman–Crippen LogP) is 5.88. The Morgan fingerprint density at radius 2 is 1.33 bits per heavy atom. The lowest BCUT2D eigenvalue weighted by Gasteiger charge is -2.37. The Morgan fingerprint density at radius 3 is 1.78 bits per heavy atom. The third kappa shape index (κ3) is 3.83. The van der Waals surface area contributed by atoms with Gasteiger partial charge in [0.2, 0.25) is 0 Å². The van der Waals surface area contributed by atoms with Crippen LogP contribution in [0.1, 0.15) is 71.1 Å². The number of hydrogen-bond donors (Lipinski definition) is 0. The van der Waals surface area contributed by atoms with Gasteiger partial charge < -0.3 is 0 Å². The molecule has 2 saturated carbocycles. The van der Waals surface area contributed by atoms with Crippen molar-refractivity contribution in [2.75, 3.05) is 0 Å². The Labute approximate surface area is 112 Å². The van der Waals surface area contributed by atoms with Crippen LogP contribution in [0.3, 0.4) is 0 Å².